The van der Waals surface area contributed by atoms with Crippen molar-refractivity contribution in [2.75, 3.05) is 42.6 Å². The van der Waals surface area contributed by atoms with Crippen LogP contribution in [0.25, 0.3) is 0 Å². The molecule has 2 atom stereocenters. The van der Waals surface area contributed by atoms with Crippen LogP contribution in [0.3, 0.4) is 0 Å². The molecule has 0 unspecified atom stereocenters. The SMILES string of the molecule is O=S1(=O)C[C@H](O)[C@@H](N2CCN(c3ccc(F)cc3Cl)CC2)C1. The number of halogens is 2. The maximum absolute atomic E-state index is 13.1. The molecular weight excluding hydrogens is 331 g/mol. The maximum atomic E-state index is 13.1. The summed E-state index contributed by atoms with van der Waals surface area (Å²) in [6.45, 7) is 2.61. The quantitative estimate of drug-likeness (QED) is 0.855. The first kappa shape index (κ1) is 16.0. The molecule has 0 spiro atoms. The zero-order chi connectivity index (χ0) is 15.9. The number of benzene rings is 1. The lowest BCUT2D eigenvalue weighted by molar-refractivity contribution is 0.0793. The van der Waals surface area contributed by atoms with E-state index in [0.717, 1.165) is 5.69 Å². The Balaban J connectivity index is 1.65. The van der Waals surface area contributed by atoms with Crippen molar-refractivity contribution in [3.8, 4) is 0 Å². The van der Waals surface area contributed by atoms with E-state index in [4.69, 9.17) is 11.6 Å². The van der Waals surface area contributed by atoms with Crippen molar-refractivity contribution in [2.24, 2.45) is 0 Å². The summed E-state index contributed by atoms with van der Waals surface area (Å²) >= 11 is 6.07. The number of hydrogen-bond donors (Lipinski definition) is 1. The van der Waals surface area contributed by atoms with Gasteiger partial charge in [-0.15, -0.1) is 0 Å². The molecule has 1 aromatic rings. The van der Waals surface area contributed by atoms with Crippen molar-refractivity contribution in [1.82, 2.24) is 4.90 Å². The molecule has 0 amide bonds. The molecule has 0 saturated carbocycles. The van der Waals surface area contributed by atoms with Crippen molar-refractivity contribution < 1.29 is 17.9 Å². The fourth-order valence-corrected chi connectivity index (χ4v) is 5.31. The summed E-state index contributed by atoms with van der Waals surface area (Å²) in [5.41, 5.74) is 0.780. The van der Waals surface area contributed by atoms with E-state index in [2.05, 4.69) is 0 Å². The van der Waals surface area contributed by atoms with E-state index in [0.29, 0.717) is 31.2 Å². The number of nitrogens with zero attached hydrogens (tertiary/aromatic N) is 2. The van der Waals surface area contributed by atoms with E-state index in [9.17, 15) is 17.9 Å². The molecule has 2 aliphatic heterocycles. The van der Waals surface area contributed by atoms with E-state index in [1.54, 1.807) is 6.07 Å². The fourth-order valence-electron chi connectivity index (χ4n) is 3.19. The third kappa shape index (κ3) is 3.22. The molecule has 2 fully saturated rings. The Morgan fingerprint density at radius 2 is 1.86 bits per heavy atom. The summed E-state index contributed by atoms with van der Waals surface area (Å²) in [6, 6.07) is 4.00. The van der Waals surface area contributed by atoms with Crippen molar-refractivity contribution in [3.63, 3.8) is 0 Å². The van der Waals surface area contributed by atoms with Crippen LogP contribution in [0, 0.1) is 5.82 Å². The van der Waals surface area contributed by atoms with E-state index < -0.39 is 15.9 Å². The van der Waals surface area contributed by atoms with E-state index in [-0.39, 0.29) is 23.4 Å². The van der Waals surface area contributed by atoms with Crippen molar-refractivity contribution in [1.29, 1.82) is 0 Å². The van der Waals surface area contributed by atoms with E-state index in [1.807, 2.05) is 9.80 Å². The van der Waals surface area contributed by atoms with Gasteiger partial charge in [-0.3, -0.25) is 4.90 Å². The highest BCUT2D eigenvalue weighted by atomic mass is 35.5. The number of hydrogen-bond acceptors (Lipinski definition) is 5. The highest BCUT2D eigenvalue weighted by Crippen LogP contribution is 2.28. The molecule has 8 heteroatoms. The summed E-state index contributed by atoms with van der Waals surface area (Å²) in [4.78, 5) is 4.07. The molecule has 0 bridgehead atoms. The second-order valence-corrected chi connectivity index (χ2v) is 8.39. The minimum absolute atomic E-state index is 0.0193. The first-order valence-corrected chi connectivity index (χ1v) is 9.38. The zero-order valence-corrected chi connectivity index (χ0v) is 13.5. The Hall–Kier alpha value is -0.890. The largest absolute Gasteiger partial charge is 0.390 e. The predicted molar refractivity (Wildman–Crippen MR) is 83.6 cm³/mol. The summed E-state index contributed by atoms with van der Waals surface area (Å²) in [7, 11) is -3.14. The average molecular weight is 349 g/mol. The molecule has 1 N–H and O–H groups in total. The Morgan fingerprint density at radius 1 is 1.18 bits per heavy atom. The molecule has 0 aromatic heterocycles. The highest BCUT2D eigenvalue weighted by molar-refractivity contribution is 7.91. The maximum Gasteiger partial charge on any atom is 0.154 e. The van der Waals surface area contributed by atoms with E-state index >= 15 is 0 Å². The second-order valence-electron chi connectivity index (χ2n) is 5.83. The molecule has 0 aliphatic carbocycles. The number of sulfone groups is 1. The van der Waals surface area contributed by atoms with E-state index in [1.165, 1.54) is 12.1 Å². The molecule has 22 heavy (non-hydrogen) atoms. The van der Waals surface area contributed by atoms with Crippen LogP contribution >= 0.6 is 11.6 Å². The van der Waals surface area contributed by atoms with Crippen LogP contribution in [0.5, 0.6) is 0 Å². The van der Waals surface area contributed by atoms with Gasteiger partial charge in [0.2, 0.25) is 0 Å². The summed E-state index contributed by atoms with van der Waals surface area (Å²) < 4.78 is 36.3. The Labute approximate surface area is 134 Å². The lowest BCUT2D eigenvalue weighted by atomic mass is 10.1. The van der Waals surface area contributed by atoms with Crippen LogP contribution < -0.4 is 4.90 Å². The molecule has 2 aliphatic rings. The fraction of sp³-hybridized carbons (Fsp3) is 0.571. The standard InChI is InChI=1S/C14H18ClFN2O3S/c15-11-7-10(16)1-2-12(11)17-3-5-18(6-4-17)13-8-22(20,21)9-14(13)19/h1-2,7,13-14,19H,3-6,8-9H2/t13-,14-/m0/s1. The zero-order valence-electron chi connectivity index (χ0n) is 12.0. The van der Waals surface area contributed by atoms with Gasteiger partial charge in [-0.05, 0) is 18.2 Å². The van der Waals surface area contributed by atoms with Crippen LogP contribution in [0.4, 0.5) is 10.1 Å². The second kappa shape index (κ2) is 5.96. The van der Waals surface area contributed by atoms with Crippen molar-refractivity contribution >= 4 is 27.1 Å². The number of anilines is 1. The third-order valence-corrected chi connectivity index (χ3v) is 6.33. The molecule has 5 nitrogen and oxygen atoms in total. The molecule has 0 radical (unpaired) electrons. The summed E-state index contributed by atoms with van der Waals surface area (Å²) in [6.07, 6.45) is -0.814. The molecule has 2 heterocycles. The van der Waals surface area contributed by atoms with Crippen LogP contribution in [0.15, 0.2) is 18.2 Å². The minimum atomic E-state index is -3.14. The Morgan fingerprint density at radius 3 is 2.41 bits per heavy atom. The van der Waals surface area contributed by atoms with Gasteiger partial charge in [0.05, 0.1) is 34.4 Å². The minimum Gasteiger partial charge on any atom is -0.390 e. The molecule has 3 rings (SSSR count). The summed E-state index contributed by atoms with van der Waals surface area (Å²) in [5.74, 6) is -0.501. The van der Waals surface area contributed by atoms with Gasteiger partial charge < -0.3 is 10.0 Å². The van der Waals surface area contributed by atoms with Gasteiger partial charge in [0.25, 0.3) is 0 Å². The smallest absolute Gasteiger partial charge is 0.154 e. The monoisotopic (exact) mass is 348 g/mol. The highest BCUT2D eigenvalue weighted by Gasteiger charge is 2.40. The van der Waals surface area contributed by atoms with Crippen LogP contribution in [-0.4, -0.2) is 68.3 Å². The molecular formula is C14H18ClFN2O3S. The number of rotatable bonds is 2. The van der Waals surface area contributed by atoms with Crippen LogP contribution in [0.2, 0.25) is 5.02 Å². The van der Waals surface area contributed by atoms with Crippen molar-refractivity contribution in [3.05, 3.63) is 29.0 Å². The lowest BCUT2D eigenvalue weighted by Crippen LogP contribution is -2.53. The van der Waals surface area contributed by atoms with Gasteiger partial charge in [-0.1, -0.05) is 11.6 Å². The predicted octanol–water partition coefficient (Wildman–Crippen LogP) is 0.759. The van der Waals surface area contributed by atoms with Gasteiger partial charge in [0.15, 0.2) is 9.84 Å². The number of aliphatic hydroxyl groups excluding tert-OH is 1. The van der Waals surface area contributed by atoms with Gasteiger partial charge in [0.1, 0.15) is 5.82 Å². The van der Waals surface area contributed by atoms with Gasteiger partial charge in [-0.25, -0.2) is 12.8 Å². The Bertz CT molecular complexity index is 662. The van der Waals surface area contributed by atoms with Crippen molar-refractivity contribution in [2.45, 2.75) is 12.1 Å². The van der Waals surface area contributed by atoms with Crippen LogP contribution in [0.1, 0.15) is 0 Å². The number of piperazine rings is 1. The first-order valence-electron chi connectivity index (χ1n) is 7.18. The van der Waals surface area contributed by atoms with Crippen LogP contribution in [-0.2, 0) is 9.84 Å². The summed E-state index contributed by atoms with van der Waals surface area (Å²) in [5, 5.41) is 10.3. The molecule has 1 aromatic carbocycles. The third-order valence-electron chi connectivity index (χ3n) is 4.33. The van der Waals surface area contributed by atoms with Gasteiger partial charge >= 0.3 is 0 Å². The molecule has 2 saturated heterocycles. The molecule has 122 valence electrons. The normalized spacial score (nSPS) is 29.0. The lowest BCUT2D eigenvalue weighted by Gasteiger charge is -2.39. The van der Waals surface area contributed by atoms with Gasteiger partial charge in [0, 0.05) is 26.2 Å². The average Bonchev–Trinajstić information content (AvgIpc) is 2.72. The number of aliphatic hydroxyl groups is 1. The first-order chi connectivity index (χ1) is 10.4. The Kier molecular flexibility index (Phi) is 4.33. The van der Waals surface area contributed by atoms with Gasteiger partial charge in [-0.2, -0.15) is 0 Å². The topological polar surface area (TPSA) is 60.9 Å².